The van der Waals surface area contributed by atoms with E-state index in [0.29, 0.717) is 36.4 Å². The van der Waals surface area contributed by atoms with E-state index in [1.54, 1.807) is 19.2 Å². The number of benzene rings is 1. The van der Waals surface area contributed by atoms with Crippen LogP contribution in [-0.4, -0.2) is 41.1 Å². The van der Waals surface area contributed by atoms with Crippen LogP contribution in [0.15, 0.2) is 42.6 Å². The molecule has 9 heteroatoms. The van der Waals surface area contributed by atoms with E-state index in [0.717, 1.165) is 11.6 Å². The fourth-order valence-electron chi connectivity index (χ4n) is 2.73. The van der Waals surface area contributed by atoms with Crippen molar-refractivity contribution in [2.45, 2.75) is 13.8 Å². The molecular formula is C21H23FN6O2. The molecule has 0 aliphatic carbocycles. The first-order valence-corrected chi connectivity index (χ1v) is 9.35. The molecule has 3 N–H and O–H groups in total. The normalized spacial score (nSPS) is 10.4. The Balaban J connectivity index is 1.54. The van der Waals surface area contributed by atoms with Crippen LogP contribution in [0.25, 0.3) is 0 Å². The molecule has 1 amide bonds. The van der Waals surface area contributed by atoms with Gasteiger partial charge in [-0.05, 0) is 49.7 Å². The minimum absolute atomic E-state index is 0.0950. The number of ether oxygens (including phenoxy) is 1. The fourth-order valence-corrected chi connectivity index (χ4v) is 2.73. The number of anilines is 3. The number of hydrogen-bond donors (Lipinski definition) is 3. The second kappa shape index (κ2) is 9.64. The molecule has 1 aromatic carbocycles. The van der Waals surface area contributed by atoms with Gasteiger partial charge in [-0.25, -0.2) is 19.3 Å². The second-order valence-corrected chi connectivity index (χ2v) is 6.56. The Morgan fingerprint density at radius 3 is 2.57 bits per heavy atom. The van der Waals surface area contributed by atoms with Gasteiger partial charge >= 0.3 is 0 Å². The van der Waals surface area contributed by atoms with E-state index in [4.69, 9.17) is 4.74 Å². The van der Waals surface area contributed by atoms with Crippen molar-refractivity contribution >= 4 is 23.4 Å². The molecule has 156 valence electrons. The summed E-state index contributed by atoms with van der Waals surface area (Å²) in [4.78, 5) is 25.1. The van der Waals surface area contributed by atoms with E-state index >= 15 is 0 Å². The minimum Gasteiger partial charge on any atom is -0.494 e. The van der Waals surface area contributed by atoms with Crippen LogP contribution in [0, 0.1) is 19.7 Å². The maximum Gasteiger partial charge on any atom is 0.251 e. The Morgan fingerprint density at radius 1 is 1.03 bits per heavy atom. The Labute approximate surface area is 173 Å². The van der Waals surface area contributed by atoms with Gasteiger partial charge in [0.2, 0.25) is 0 Å². The Morgan fingerprint density at radius 2 is 1.83 bits per heavy atom. The number of hydrogen-bond acceptors (Lipinski definition) is 7. The van der Waals surface area contributed by atoms with Gasteiger partial charge in [0.05, 0.1) is 7.11 Å². The van der Waals surface area contributed by atoms with Crippen molar-refractivity contribution < 1.29 is 13.9 Å². The van der Waals surface area contributed by atoms with Crippen molar-refractivity contribution in [2.24, 2.45) is 0 Å². The highest BCUT2D eigenvalue weighted by molar-refractivity contribution is 5.94. The van der Waals surface area contributed by atoms with Crippen molar-refractivity contribution in [1.82, 2.24) is 20.3 Å². The average molecular weight is 410 g/mol. The number of carbonyl (C=O) groups is 1. The number of aryl methyl sites for hydroxylation is 2. The molecule has 3 aromatic rings. The summed E-state index contributed by atoms with van der Waals surface area (Å²) in [5, 5.41) is 9.02. The number of halogens is 1. The van der Waals surface area contributed by atoms with E-state index in [9.17, 15) is 9.18 Å². The van der Waals surface area contributed by atoms with Crippen LogP contribution in [0.5, 0.6) is 5.75 Å². The van der Waals surface area contributed by atoms with E-state index < -0.39 is 5.82 Å². The van der Waals surface area contributed by atoms with Crippen LogP contribution in [0.1, 0.15) is 21.7 Å². The van der Waals surface area contributed by atoms with Crippen LogP contribution in [0.2, 0.25) is 0 Å². The van der Waals surface area contributed by atoms with Gasteiger partial charge in [-0.1, -0.05) is 0 Å². The molecule has 0 aliphatic heterocycles. The van der Waals surface area contributed by atoms with Gasteiger partial charge in [-0.3, -0.25) is 4.79 Å². The summed E-state index contributed by atoms with van der Waals surface area (Å²) in [6.45, 7) is 4.54. The molecule has 0 unspecified atom stereocenters. The topological polar surface area (TPSA) is 101 Å². The van der Waals surface area contributed by atoms with Crippen molar-refractivity contribution in [1.29, 1.82) is 0 Å². The number of rotatable bonds is 8. The zero-order valence-corrected chi connectivity index (χ0v) is 17.0. The molecule has 0 bridgehead atoms. The number of aromatic nitrogens is 3. The lowest BCUT2D eigenvalue weighted by Crippen LogP contribution is -2.29. The van der Waals surface area contributed by atoms with Crippen LogP contribution in [-0.2, 0) is 0 Å². The van der Waals surface area contributed by atoms with Crippen molar-refractivity contribution in [3.8, 4) is 5.75 Å². The van der Waals surface area contributed by atoms with Gasteiger partial charge < -0.3 is 20.7 Å². The molecule has 8 nitrogen and oxygen atoms in total. The van der Waals surface area contributed by atoms with E-state index in [1.807, 2.05) is 19.1 Å². The maximum atomic E-state index is 13.7. The predicted octanol–water partition coefficient (Wildman–Crippen LogP) is 3.22. The van der Waals surface area contributed by atoms with Crippen LogP contribution in [0.3, 0.4) is 0 Å². The predicted molar refractivity (Wildman–Crippen MR) is 113 cm³/mol. The maximum absolute atomic E-state index is 13.7. The number of pyridine rings is 1. The summed E-state index contributed by atoms with van der Waals surface area (Å²) in [5.74, 6) is 1.65. The highest BCUT2D eigenvalue weighted by atomic mass is 19.1. The highest BCUT2D eigenvalue weighted by Gasteiger charge is 2.10. The lowest BCUT2D eigenvalue weighted by atomic mass is 10.2. The standard InChI is InChI=1S/C21H23FN6O2/c1-13-6-7-23-18(10-13)28-20-12-19(26-14(2)27-20)24-8-9-25-21(29)15-4-5-17(30-3)16(22)11-15/h4-7,10-12H,8-9H2,1-3H3,(H,25,29)(H2,23,24,26,27,28). The molecule has 30 heavy (non-hydrogen) atoms. The third-order valence-corrected chi connectivity index (χ3v) is 4.14. The van der Waals surface area contributed by atoms with Gasteiger partial charge in [0.1, 0.15) is 23.3 Å². The fraction of sp³-hybridized carbons (Fsp3) is 0.238. The van der Waals surface area contributed by atoms with Crippen LogP contribution >= 0.6 is 0 Å². The average Bonchev–Trinajstić information content (AvgIpc) is 2.70. The number of amides is 1. The number of nitrogens with one attached hydrogen (secondary N) is 3. The number of methoxy groups -OCH3 is 1. The molecular weight excluding hydrogens is 387 g/mol. The van der Waals surface area contributed by atoms with Crippen LogP contribution < -0.4 is 20.7 Å². The SMILES string of the molecule is COc1ccc(C(=O)NCCNc2cc(Nc3cc(C)ccn3)nc(C)n2)cc1F. The smallest absolute Gasteiger partial charge is 0.251 e. The van der Waals surface area contributed by atoms with Gasteiger partial charge in [-0.2, -0.15) is 0 Å². The first-order valence-electron chi connectivity index (χ1n) is 9.35. The molecule has 0 saturated heterocycles. The lowest BCUT2D eigenvalue weighted by Gasteiger charge is -2.11. The Hall–Kier alpha value is -3.75. The monoisotopic (exact) mass is 410 g/mol. The van der Waals surface area contributed by atoms with Crippen molar-refractivity contribution in [3.63, 3.8) is 0 Å². The van der Waals surface area contributed by atoms with E-state index in [1.165, 1.54) is 19.2 Å². The second-order valence-electron chi connectivity index (χ2n) is 6.56. The Bertz CT molecular complexity index is 1040. The molecule has 0 radical (unpaired) electrons. The highest BCUT2D eigenvalue weighted by Crippen LogP contribution is 2.18. The largest absolute Gasteiger partial charge is 0.494 e. The molecule has 0 atom stereocenters. The lowest BCUT2D eigenvalue weighted by molar-refractivity contribution is 0.0954. The van der Waals surface area contributed by atoms with Crippen molar-refractivity contribution in [3.05, 3.63) is 65.4 Å². The number of carbonyl (C=O) groups excluding carboxylic acids is 1. The molecule has 0 fully saturated rings. The van der Waals surface area contributed by atoms with Crippen molar-refractivity contribution in [2.75, 3.05) is 30.8 Å². The first kappa shape index (κ1) is 21.0. The molecule has 2 aromatic heterocycles. The molecule has 0 aliphatic rings. The summed E-state index contributed by atoms with van der Waals surface area (Å²) in [6, 6.07) is 9.67. The molecule has 0 spiro atoms. The summed E-state index contributed by atoms with van der Waals surface area (Å²) >= 11 is 0. The summed E-state index contributed by atoms with van der Waals surface area (Å²) in [7, 11) is 1.37. The third-order valence-electron chi connectivity index (χ3n) is 4.14. The van der Waals surface area contributed by atoms with Gasteiger partial charge in [0.25, 0.3) is 5.91 Å². The minimum atomic E-state index is -0.581. The van der Waals surface area contributed by atoms with E-state index in [-0.39, 0.29) is 17.2 Å². The van der Waals surface area contributed by atoms with Gasteiger partial charge in [0, 0.05) is 30.9 Å². The molecule has 2 heterocycles. The Kier molecular flexibility index (Phi) is 6.74. The summed E-state index contributed by atoms with van der Waals surface area (Å²) in [5.41, 5.74) is 1.31. The number of nitrogens with zero attached hydrogens (tertiary/aromatic N) is 3. The van der Waals surface area contributed by atoms with E-state index in [2.05, 4.69) is 30.9 Å². The summed E-state index contributed by atoms with van der Waals surface area (Å²) < 4.78 is 18.6. The third kappa shape index (κ3) is 5.63. The van der Waals surface area contributed by atoms with Gasteiger partial charge in [-0.15, -0.1) is 0 Å². The quantitative estimate of drug-likeness (QED) is 0.490. The van der Waals surface area contributed by atoms with Gasteiger partial charge in [0.15, 0.2) is 11.6 Å². The zero-order valence-electron chi connectivity index (χ0n) is 17.0. The molecule has 0 saturated carbocycles. The first-order chi connectivity index (χ1) is 14.4. The molecule has 3 rings (SSSR count). The van der Waals surface area contributed by atoms with Crippen LogP contribution in [0.4, 0.5) is 21.8 Å². The summed E-state index contributed by atoms with van der Waals surface area (Å²) in [6.07, 6.45) is 1.72. The zero-order chi connectivity index (χ0) is 21.5.